The second kappa shape index (κ2) is 5.88. The second-order valence-corrected chi connectivity index (χ2v) is 5.59. The van der Waals surface area contributed by atoms with E-state index in [9.17, 15) is 4.79 Å². The lowest BCUT2D eigenvalue weighted by atomic mass is 10.2. The van der Waals surface area contributed by atoms with Gasteiger partial charge in [-0.3, -0.25) is 9.89 Å². The van der Waals surface area contributed by atoms with Gasteiger partial charge < -0.3 is 11.1 Å². The van der Waals surface area contributed by atoms with Crippen LogP contribution in [0.2, 0.25) is 0 Å². The molecule has 4 N–H and O–H groups in total. The minimum atomic E-state index is -0.0959. The molecule has 108 valence electrons. The number of benzene rings is 1. The van der Waals surface area contributed by atoms with Gasteiger partial charge in [0.2, 0.25) is 0 Å². The summed E-state index contributed by atoms with van der Waals surface area (Å²) in [5, 5.41) is 9.96. The number of nitrogens with two attached hydrogens (primary N) is 1. The van der Waals surface area contributed by atoms with Crippen LogP contribution in [-0.2, 0) is 6.42 Å². The largest absolute Gasteiger partial charge is 0.375 e. The van der Waals surface area contributed by atoms with Crippen LogP contribution in [0, 0.1) is 0 Å². The van der Waals surface area contributed by atoms with E-state index in [1.807, 2.05) is 12.1 Å². The highest BCUT2D eigenvalue weighted by molar-refractivity contribution is 7.22. The third-order valence-corrected chi connectivity index (χ3v) is 3.86. The molecule has 0 bridgehead atoms. The predicted molar refractivity (Wildman–Crippen MR) is 81.1 cm³/mol. The molecule has 8 heteroatoms. The molecule has 0 radical (unpaired) electrons. The zero-order valence-corrected chi connectivity index (χ0v) is 12.0. The number of fused-ring (bicyclic) bond motifs is 1. The molecule has 0 saturated heterocycles. The van der Waals surface area contributed by atoms with Crippen molar-refractivity contribution >= 4 is 32.6 Å². The Morgan fingerprint density at radius 2 is 2.33 bits per heavy atom. The lowest BCUT2D eigenvalue weighted by molar-refractivity contribution is 0.0953. The molecule has 0 saturated carbocycles. The highest BCUT2D eigenvalue weighted by atomic mass is 32.1. The van der Waals surface area contributed by atoms with Crippen molar-refractivity contribution in [2.45, 2.75) is 12.8 Å². The van der Waals surface area contributed by atoms with Crippen LogP contribution in [0.1, 0.15) is 22.6 Å². The van der Waals surface area contributed by atoms with Crippen LogP contribution in [0.25, 0.3) is 10.2 Å². The molecule has 0 unspecified atom stereocenters. The molecule has 0 atom stereocenters. The van der Waals surface area contributed by atoms with E-state index in [2.05, 4.69) is 25.5 Å². The third kappa shape index (κ3) is 3.16. The average Bonchev–Trinajstić information content (AvgIpc) is 3.10. The zero-order chi connectivity index (χ0) is 14.7. The van der Waals surface area contributed by atoms with Crippen LogP contribution in [0.4, 0.5) is 5.13 Å². The summed E-state index contributed by atoms with van der Waals surface area (Å²) in [7, 11) is 0. The first-order chi connectivity index (χ1) is 10.2. The summed E-state index contributed by atoms with van der Waals surface area (Å²) in [6.45, 7) is 0.586. The van der Waals surface area contributed by atoms with Crippen molar-refractivity contribution in [1.29, 1.82) is 0 Å². The SMILES string of the molecule is Nc1nc2ccc(C(=O)NCCCc3ncn[nH]3)cc2s1. The number of aromatic amines is 1. The number of hydrogen-bond donors (Lipinski definition) is 3. The van der Waals surface area contributed by atoms with E-state index >= 15 is 0 Å². The van der Waals surface area contributed by atoms with E-state index < -0.39 is 0 Å². The number of anilines is 1. The van der Waals surface area contributed by atoms with E-state index in [0.717, 1.165) is 28.9 Å². The predicted octanol–water partition coefficient (Wildman–Crippen LogP) is 1.36. The number of aryl methyl sites for hydroxylation is 1. The van der Waals surface area contributed by atoms with E-state index in [1.165, 1.54) is 17.7 Å². The lowest BCUT2D eigenvalue weighted by Crippen LogP contribution is -2.24. The molecular weight excluding hydrogens is 288 g/mol. The van der Waals surface area contributed by atoms with Gasteiger partial charge >= 0.3 is 0 Å². The average molecular weight is 302 g/mol. The monoisotopic (exact) mass is 302 g/mol. The topological polar surface area (TPSA) is 110 Å². The molecule has 7 nitrogen and oxygen atoms in total. The summed E-state index contributed by atoms with van der Waals surface area (Å²) in [5.41, 5.74) is 7.09. The summed E-state index contributed by atoms with van der Waals surface area (Å²) in [5.74, 6) is 0.729. The summed E-state index contributed by atoms with van der Waals surface area (Å²) >= 11 is 1.38. The minimum Gasteiger partial charge on any atom is -0.375 e. The van der Waals surface area contributed by atoms with Crippen molar-refractivity contribution in [2.75, 3.05) is 12.3 Å². The van der Waals surface area contributed by atoms with Crippen LogP contribution in [-0.4, -0.2) is 32.6 Å². The number of thiazole rings is 1. The second-order valence-electron chi connectivity index (χ2n) is 4.53. The molecule has 21 heavy (non-hydrogen) atoms. The molecule has 2 heterocycles. The molecule has 1 aromatic carbocycles. The Morgan fingerprint density at radius 3 is 3.14 bits per heavy atom. The van der Waals surface area contributed by atoms with Gasteiger partial charge in [-0.2, -0.15) is 5.10 Å². The Hall–Kier alpha value is -2.48. The number of rotatable bonds is 5. The van der Waals surface area contributed by atoms with Crippen molar-refractivity contribution in [1.82, 2.24) is 25.5 Å². The van der Waals surface area contributed by atoms with Crippen molar-refractivity contribution in [3.8, 4) is 0 Å². The number of hydrogen-bond acceptors (Lipinski definition) is 6. The smallest absolute Gasteiger partial charge is 0.251 e. The first kappa shape index (κ1) is 13.5. The Morgan fingerprint density at radius 1 is 1.43 bits per heavy atom. The van der Waals surface area contributed by atoms with Gasteiger partial charge in [-0.25, -0.2) is 9.97 Å². The molecule has 0 fully saturated rings. The van der Waals surface area contributed by atoms with Crippen molar-refractivity contribution in [3.05, 3.63) is 35.9 Å². The first-order valence-corrected chi connectivity index (χ1v) is 7.32. The van der Waals surface area contributed by atoms with Crippen LogP contribution in [0.5, 0.6) is 0 Å². The highest BCUT2D eigenvalue weighted by Gasteiger charge is 2.08. The van der Waals surface area contributed by atoms with Gasteiger partial charge in [0.1, 0.15) is 12.2 Å². The maximum Gasteiger partial charge on any atom is 0.251 e. The molecule has 0 aliphatic carbocycles. The van der Waals surface area contributed by atoms with Crippen LogP contribution >= 0.6 is 11.3 Å². The Balaban J connectivity index is 1.56. The lowest BCUT2D eigenvalue weighted by Gasteiger charge is -2.04. The van der Waals surface area contributed by atoms with Gasteiger partial charge in [0.15, 0.2) is 5.13 Å². The number of nitrogen functional groups attached to an aromatic ring is 1. The van der Waals surface area contributed by atoms with Gasteiger partial charge in [0, 0.05) is 18.5 Å². The van der Waals surface area contributed by atoms with Crippen LogP contribution < -0.4 is 11.1 Å². The molecule has 3 aromatic rings. The molecule has 2 aromatic heterocycles. The standard InChI is InChI=1S/C13H14N6OS/c14-13-18-9-4-3-8(6-10(9)21-13)12(20)15-5-1-2-11-16-7-17-19-11/h3-4,6-7H,1-2,5H2,(H2,14,18)(H,15,20)(H,16,17,19). The van der Waals surface area contributed by atoms with E-state index in [-0.39, 0.29) is 5.91 Å². The fraction of sp³-hybridized carbons (Fsp3) is 0.231. The van der Waals surface area contributed by atoms with Crippen LogP contribution in [0.15, 0.2) is 24.5 Å². The maximum atomic E-state index is 12.1. The number of H-pyrrole nitrogens is 1. The van der Waals surface area contributed by atoms with Crippen molar-refractivity contribution in [2.24, 2.45) is 0 Å². The number of carbonyl (C=O) groups is 1. The van der Waals surface area contributed by atoms with Crippen molar-refractivity contribution in [3.63, 3.8) is 0 Å². The fourth-order valence-corrected chi connectivity index (χ4v) is 2.77. The fourth-order valence-electron chi connectivity index (χ4n) is 1.99. The number of nitrogens with zero attached hydrogens (tertiary/aromatic N) is 3. The molecule has 0 spiro atoms. The van der Waals surface area contributed by atoms with Crippen LogP contribution in [0.3, 0.4) is 0 Å². The van der Waals surface area contributed by atoms with E-state index in [1.54, 1.807) is 6.07 Å². The minimum absolute atomic E-state index is 0.0959. The summed E-state index contributed by atoms with van der Waals surface area (Å²) in [6.07, 6.45) is 3.03. The molecule has 1 amide bonds. The van der Waals surface area contributed by atoms with E-state index in [4.69, 9.17) is 5.73 Å². The molecule has 3 rings (SSSR count). The summed E-state index contributed by atoms with van der Waals surface area (Å²) < 4.78 is 0.918. The Kier molecular flexibility index (Phi) is 3.78. The molecule has 0 aliphatic rings. The normalized spacial score (nSPS) is 10.9. The first-order valence-electron chi connectivity index (χ1n) is 6.51. The number of nitrogens with one attached hydrogen (secondary N) is 2. The van der Waals surface area contributed by atoms with Gasteiger partial charge in [0.05, 0.1) is 10.2 Å². The number of aromatic nitrogens is 4. The number of carbonyl (C=O) groups excluding carboxylic acids is 1. The van der Waals surface area contributed by atoms with Gasteiger partial charge in [0.25, 0.3) is 5.91 Å². The third-order valence-electron chi connectivity index (χ3n) is 3.01. The van der Waals surface area contributed by atoms with Gasteiger partial charge in [-0.15, -0.1) is 0 Å². The van der Waals surface area contributed by atoms with Gasteiger partial charge in [-0.1, -0.05) is 11.3 Å². The zero-order valence-electron chi connectivity index (χ0n) is 11.2. The highest BCUT2D eigenvalue weighted by Crippen LogP contribution is 2.24. The maximum absolute atomic E-state index is 12.1. The molecular formula is C13H14N6OS. The van der Waals surface area contributed by atoms with Crippen molar-refractivity contribution < 1.29 is 4.79 Å². The summed E-state index contributed by atoms with van der Waals surface area (Å²) in [4.78, 5) is 20.3. The number of amides is 1. The quantitative estimate of drug-likeness (QED) is 0.616. The van der Waals surface area contributed by atoms with E-state index in [0.29, 0.717) is 17.2 Å². The Labute approximate surface area is 124 Å². The summed E-state index contributed by atoms with van der Waals surface area (Å²) in [6, 6.07) is 5.38. The Bertz CT molecular complexity index is 751. The molecule has 0 aliphatic heterocycles. The van der Waals surface area contributed by atoms with Gasteiger partial charge in [-0.05, 0) is 24.6 Å².